The zero-order valence-electron chi connectivity index (χ0n) is 11.1. The maximum atomic E-state index is 11.0. The second-order valence-corrected chi connectivity index (χ2v) is 5.17. The highest BCUT2D eigenvalue weighted by atomic mass is 16.4. The lowest BCUT2D eigenvalue weighted by atomic mass is 9.86. The number of carboxylic acid groups (broad SMARTS) is 1. The van der Waals surface area contributed by atoms with Gasteiger partial charge in [0.05, 0.1) is 12.5 Å². The van der Waals surface area contributed by atoms with Gasteiger partial charge in [0.1, 0.15) is 5.82 Å². The third-order valence-electron chi connectivity index (χ3n) is 3.33. The Kier molecular flexibility index (Phi) is 3.61. The van der Waals surface area contributed by atoms with Crippen molar-refractivity contribution in [1.29, 1.82) is 0 Å². The normalized spacial score (nSPS) is 18.8. The van der Waals surface area contributed by atoms with Crippen LogP contribution in [0.2, 0.25) is 0 Å². The molecule has 0 radical (unpaired) electrons. The number of aromatic nitrogens is 2. The van der Waals surface area contributed by atoms with Crippen molar-refractivity contribution in [2.75, 3.05) is 14.1 Å². The molecule has 0 aliphatic heterocycles. The van der Waals surface area contributed by atoms with Crippen molar-refractivity contribution in [3.8, 4) is 0 Å². The van der Waals surface area contributed by atoms with E-state index in [2.05, 4.69) is 9.97 Å². The van der Waals surface area contributed by atoms with Gasteiger partial charge in [0.15, 0.2) is 0 Å². The number of fused-ring (bicyclic) bond motifs is 1. The van der Waals surface area contributed by atoms with Gasteiger partial charge in [-0.2, -0.15) is 0 Å². The Bertz CT molecular complexity index is 472. The highest BCUT2D eigenvalue weighted by Crippen LogP contribution is 2.26. The van der Waals surface area contributed by atoms with E-state index in [1.54, 1.807) is 0 Å². The lowest BCUT2D eigenvalue weighted by Gasteiger charge is -2.23. The van der Waals surface area contributed by atoms with Crippen molar-refractivity contribution < 1.29 is 9.90 Å². The predicted molar refractivity (Wildman–Crippen MR) is 67.3 cm³/mol. The van der Waals surface area contributed by atoms with Crippen LogP contribution in [0, 0.1) is 12.8 Å². The minimum absolute atomic E-state index is 0.278. The third-order valence-corrected chi connectivity index (χ3v) is 3.33. The van der Waals surface area contributed by atoms with E-state index in [0.717, 1.165) is 35.7 Å². The summed E-state index contributed by atoms with van der Waals surface area (Å²) in [5.41, 5.74) is 3.01. The van der Waals surface area contributed by atoms with Crippen LogP contribution in [-0.4, -0.2) is 40.0 Å². The summed E-state index contributed by atoms with van der Waals surface area (Å²) in [5.74, 6) is -0.165. The molecule has 0 amide bonds. The van der Waals surface area contributed by atoms with Gasteiger partial charge in [0, 0.05) is 11.4 Å². The van der Waals surface area contributed by atoms with E-state index in [-0.39, 0.29) is 5.92 Å². The Morgan fingerprint density at radius 1 is 1.44 bits per heavy atom. The molecule has 1 aromatic rings. The van der Waals surface area contributed by atoms with Gasteiger partial charge in [0.2, 0.25) is 0 Å². The zero-order chi connectivity index (χ0) is 13.3. The number of nitrogens with zero attached hydrogens (tertiary/aromatic N) is 3. The summed E-state index contributed by atoms with van der Waals surface area (Å²) in [7, 11) is 3.97. The molecule has 1 aromatic heterocycles. The highest BCUT2D eigenvalue weighted by molar-refractivity contribution is 5.71. The van der Waals surface area contributed by atoms with E-state index in [9.17, 15) is 4.79 Å². The van der Waals surface area contributed by atoms with Crippen LogP contribution in [-0.2, 0) is 24.2 Å². The van der Waals surface area contributed by atoms with Gasteiger partial charge >= 0.3 is 5.97 Å². The van der Waals surface area contributed by atoms with E-state index < -0.39 is 5.97 Å². The fourth-order valence-electron chi connectivity index (χ4n) is 2.41. The van der Waals surface area contributed by atoms with Gasteiger partial charge in [-0.15, -0.1) is 0 Å². The van der Waals surface area contributed by atoms with Crippen molar-refractivity contribution in [1.82, 2.24) is 14.9 Å². The maximum Gasteiger partial charge on any atom is 0.306 e. The van der Waals surface area contributed by atoms with E-state index in [0.29, 0.717) is 12.8 Å². The topological polar surface area (TPSA) is 66.3 Å². The number of carboxylic acids is 1. The van der Waals surface area contributed by atoms with Crippen molar-refractivity contribution in [3.05, 3.63) is 22.8 Å². The fourth-order valence-corrected chi connectivity index (χ4v) is 2.41. The highest BCUT2D eigenvalue weighted by Gasteiger charge is 2.27. The average Bonchev–Trinajstić information content (AvgIpc) is 2.27. The minimum Gasteiger partial charge on any atom is -0.481 e. The summed E-state index contributed by atoms with van der Waals surface area (Å²) in [5, 5.41) is 9.08. The number of aliphatic carboxylic acids is 1. The van der Waals surface area contributed by atoms with Crippen LogP contribution in [0.5, 0.6) is 0 Å². The third kappa shape index (κ3) is 2.67. The monoisotopic (exact) mass is 249 g/mol. The van der Waals surface area contributed by atoms with Crippen molar-refractivity contribution in [2.24, 2.45) is 5.92 Å². The van der Waals surface area contributed by atoms with Crippen molar-refractivity contribution in [3.63, 3.8) is 0 Å². The molecule has 0 fully saturated rings. The van der Waals surface area contributed by atoms with E-state index in [1.807, 2.05) is 25.9 Å². The molecule has 1 aliphatic carbocycles. The lowest BCUT2D eigenvalue weighted by Crippen LogP contribution is -2.25. The number of hydrogen-bond acceptors (Lipinski definition) is 4. The largest absolute Gasteiger partial charge is 0.481 e. The predicted octanol–water partition coefficient (Wildman–Crippen LogP) is 1.04. The van der Waals surface area contributed by atoms with E-state index in [4.69, 9.17) is 5.11 Å². The minimum atomic E-state index is -0.711. The Labute approximate surface area is 107 Å². The van der Waals surface area contributed by atoms with Crippen LogP contribution in [0.4, 0.5) is 0 Å². The smallest absolute Gasteiger partial charge is 0.306 e. The fraction of sp³-hybridized carbons (Fsp3) is 0.615. The van der Waals surface area contributed by atoms with Crippen LogP contribution >= 0.6 is 0 Å². The Hall–Kier alpha value is -1.49. The molecular formula is C13H19N3O2. The number of carbonyl (C=O) groups is 1. The number of rotatable bonds is 3. The molecule has 0 saturated heterocycles. The summed E-state index contributed by atoms with van der Waals surface area (Å²) in [6.07, 6.45) is 2.00. The van der Waals surface area contributed by atoms with Gasteiger partial charge in [0.25, 0.3) is 0 Å². The van der Waals surface area contributed by atoms with Crippen molar-refractivity contribution in [2.45, 2.75) is 32.7 Å². The molecule has 0 spiro atoms. The standard InChI is InChI=1S/C13H19N3O2/c1-8-10-6-9(13(17)18)4-5-11(10)15-12(14-8)7-16(2)3/h9H,4-7H2,1-3H3,(H,17,18). The molecule has 5 heteroatoms. The van der Waals surface area contributed by atoms with Gasteiger partial charge < -0.3 is 10.0 Å². The SMILES string of the molecule is Cc1nc(CN(C)C)nc2c1CC(C(=O)O)CC2. The molecule has 1 N–H and O–H groups in total. The van der Waals surface area contributed by atoms with Crippen LogP contribution in [0.25, 0.3) is 0 Å². The van der Waals surface area contributed by atoms with E-state index in [1.165, 1.54) is 0 Å². The molecule has 0 saturated carbocycles. The molecule has 1 unspecified atom stereocenters. The molecule has 2 rings (SSSR count). The molecular weight excluding hydrogens is 230 g/mol. The van der Waals surface area contributed by atoms with Crippen LogP contribution in [0.15, 0.2) is 0 Å². The molecule has 1 heterocycles. The quantitative estimate of drug-likeness (QED) is 0.867. The summed E-state index contributed by atoms with van der Waals surface area (Å²) < 4.78 is 0. The first-order chi connectivity index (χ1) is 8.47. The number of hydrogen-bond donors (Lipinski definition) is 1. The molecule has 5 nitrogen and oxygen atoms in total. The summed E-state index contributed by atoms with van der Waals surface area (Å²) in [6.45, 7) is 2.67. The second kappa shape index (κ2) is 5.02. The lowest BCUT2D eigenvalue weighted by molar-refractivity contribution is -0.142. The van der Waals surface area contributed by atoms with Gasteiger partial charge in [-0.25, -0.2) is 9.97 Å². The first kappa shape index (κ1) is 13.0. The molecule has 0 aromatic carbocycles. The average molecular weight is 249 g/mol. The zero-order valence-corrected chi connectivity index (χ0v) is 11.1. The molecule has 1 atom stereocenters. The van der Waals surface area contributed by atoms with Gasteiger partial charge in [-0.05, 0) is 45.8 Å². The Balaban J connectivity index is 2.28. The maximum absolute atomic E-state index is 11.0. The summed E-state index contributed by atoms with van der Waals surface area (Å²) >= 11 is 0. The van der Waals surface area contributed by atoms with Gasteiger partial charge in [-0.3, -0.25) is 4.79 Å². The molecule has 18 heavy (non-hydrogen) atoms. The molecule has 98 valence electrons. The van der Waals surface area contributed by atoms with Gasteiger partial charge in [-0.1, -0.05) is 0 Å². The molecule has 0 bridgehead atoms. The first-order valence-corrected chi connectivity index (χ1v) is 6.20. The van der Waals surface area contributed by atoms with Crippen LogP contribution in [0.3, 0.4) is 0 Å². The van der Waals surface area contributed by atoms with E-state index >= 15 is 0 Å². The summed E-state index contributed by atoms with van der Waals surface area (Å²) in [4.78, 5) is 22.1. The first-order valence-electron chi connectivity index (χ1n) is 6.20. The number of aryl methyl sites for hydroxylation is 2. The van der Waals surface area contributed by atoms with Crippen LogP contribution < -0.4 is 0 Å². The molecule has 1 aliphatic rings. The van der Waals surface area contributed by atoms with Crippen LogP contribution in [0.1, 0.15) is 29.2 Å². The Morgan fingerprint density at radius 3 is 2.78 bits per heavy atom. The summed E-state index contributed by atoms with van der Waals surface area (Å²) in [6, 6.07) is 0. The van der Waals surface area contributed by atoms with Crippen molar-refractivity contribution >= 4 is 5.97 Å². The second-order valence-electron chi connectivity index (χ2n) is 5.17. The Morgan fingerprint density at radius 2 is 2.17 bits per heavy atom.